The smallest absolute Gasteiger partial charge is 0.296 e. The number of rotatable bonds is 7. The van der Waals surface area contributed by atoms with E-state index in [1.165, 1.54) is 6.07 Å². The van der Waals surface area contributed by atoms with Crippen LogP contribution in [0.1, 0.15) is 62.0 Å². The third-order valence-corrected chi connectivity index (χ3v) is 7.32. The fraction of sp³-hybridized carbons (Fsp3) is 0.500. The van der Waals surface area contributed by atoms with Crippen molar-refractivity contribution in [3.63, 3.8) is 0 Å². The van der Waals surface area contributed by atoms with Gasteiger partial charge < -0.3 is 20.4 Å². The van der Waals surface area contributed by atoms with Crippen molar-refractivity contribution in [3.8, 4) is 5.75 Å². The van der Waals surface area contributed by atoms with Gasteiger partial charge in [0.15, 0.2) is 5.69 Å². The van der Waals surface area contributed by atoms with E-state index in [0.717, 1.165) is 49.4 Å². The van der Waals surface area contributed by atoms with E-state index in [-0.39, 0.29) is 11.7 Å². The Morgan fingerprint density at radius 1 is 1.29 bits per heavy atom. The van der Waals surface area contributed by atoms with Gasteiger partial charge in [0.05, 0.1) is 43.5 Å². The van der Waals surface area contributed by atoms with Crippen LogP contribution >= 0.6 is 0 Å². The van der Waals surface area contributed by atoms with Crippen LogP contribution in [-0.4, -0.2) is 47.1 Å². The molecule has 2 N–H and O–H groups in total. The van der Waals surface area contributed by atoms with Crippen molar-refractivity contribution in [2.75, 3.05) is 30.9 Å². The lowest BCUT2D eigenvalue weighted by Gasteiger charge is -2.36. The molecule has 0 atom stereocenters. The van der Waals surface area contributed by atoms with Gasteiger partial charge in [-0.25, -0.2) is 4.73 Å². The number of anilines is 2. The van der Waals surface area contributed by atoms with E-state index in [1.807, 2.05) is 29.9 Å². The minimum atomic E-state index is -0.511. The highest BCUT2D eigenvalue weighted by Crippen LogP contribution is 2.49. The second-order valence-electron chi connectivity index (χ2n) is 9.97. The average molecular weight is 480 g/mol. The summed E-state index contributed by atoms with van der Waals surface area (Å²) in [5.41, 5.74) is 0.777. The third-order valence-electron chi connectivity index (χ3n) is 7.32. The summed E-state index contributed by atoms with van der Waals surface area (Å²) in [7, 11) is 3.51. The number of ether oxygens (including phenoxy) is 1. The molecule has 2 saturated carbocycles. The molecule has 2 aliphatic carbocycles. The Labute approximate surface area is 204 Å². The predicted octanol–water partition coefficient (Wildman–Crippen LogP) is 3.64. The van der Waals surface area contributed by atoms with Crippen LogP contribution < -0.4 is 19.7 Å². The van der Waals surface area contributed by atoms with E-state index in [2.05, 4.69) is 5.32 Å². The Morgan fingerprint density at radius 2 is 2.03 bits per heavy atom. The minimum Gasteiger partial charge on any atom is -0.710 e. The lowest BCUT2D eigenvalue weighted by atomic mass is 9.79. The Balaban J connectivity index is 1.40. The van der Waals surface area contributed by atoms with Crippen LogP contribution in [0.5, 0.6) is 5.75 Å². The Kier molecular flexibility index (Phi) is 6.04. The van der Waals surface area contributed by atoms with E-state index in [9.17, 15) is 15.1 Å². The van der Waals surface area contributed by atoms with Crippen molar-refractivity contribution in [2.24, 2.45) is 5.92 Å². The van der Waals surface area contributed by atoms with Gasteiger partial charge in [-0.15, -0.1) is 0 Å². The normalized spacial score (nSPS) is 22.2. The zero-order chi connectivity index (χ0) is 24.7. The molecule has 9 heteroatoms. The number of hydrogen-bond acceptors (Lipinski definition) is 6. The molecular weight excluding hydrogens is 446 g/mol. The first-order chi connectivity index (χ1) is 16.8. The van der Waals surface area contributed by atoms with E-state index in [1.54, 1.807) is 31.1 Å². The Bertz CT molecular complexity index is 1240. The van der Waals surface area contributed by atoms with Gasteiger partial charge in [0.1, 0.15) is 5.75 Å². The van der Waals surface area contributed by atoms with Crippen LogP contribution in [-0.2, 0) is 0 Å². The van der Waals surface area contributed by atoms with Crippen molar-refractivity contribution in [2.45, 2.75) is 57.1 Å². The molecule has 2 aromatic heterocycles. The summed E-state index contributed by atoms with van der Waals surface area (Å²) >= 11 is 0. The molecule has 3 aromatic rings. The number of aliphatic hydroxyl groups is 1. The maximum Gasteiger partial charge on any atom is 0.296 e. The number of pyridine rings is 1. The number of carbonyl (C=O) groups is 1. The second-order valence-corrected chi connectivity index (χ2v) is 9.97. The van der Waals surface area contributed by atoms with Crippen LogP contribution in [0, 0.1) is 11.1 Å². The number of amides is 1. The highest BCUT2D eigenvalue weighted by atomic mass is 16.5. The summed E-state index contributed by atoms with van der Waals surface area (Å²) in [6.07, 6.45) is 7.70. The summed E-state index contributed by atoms with van der Waals surface area (Å²) in [6.45, 7) is 2.30. The zero-order valence-electron chi connectivity index (χ0n) is 20.5. The number of carbonyl (C=O) groups excluding carboxylic acids is 1. The first kappa shape index (κ1) is 23.4. The second kappa shape index (κ2) is 9.03. The number of hydrogen-bond donors (Lipinski definition) is 2. The molecule has 1 amide bonds. The van der Waals surface area contributed by atoms with Gasteiger partial charge in [-0.05, 0) is 69.6 Å². The molecule has 0 aliphatic heterocycles. The molecule has 186 valence electrons. The van der Waals surface area contributed by atoms with Crippen LogP contribution in [0.15, 0.2) is 36.5 Å². The molecule has 0 unspecified atom stereocenters. The summed E-state index contributed by atoms with van der Waals surface area (Å²) in [4.78, 5) is 14.7. The van der Waals surface area contributed by atoms with Crippen molar-refractivity contribution >= 4 is 28.3 Å². The molecule has 0 spiro atoms. The standard InChI is InChI=1S/C26H33N5O4/c1-4-35-23-15-20-17(16-30(28-20)19-10-12-26(33,13-11-19)18-8-9-18)14-21(23)27-25(32)22-6-5-7-24(29(2)3)31(22)34/h5-7,14-16,18-19,33H,4,8-13H2,1-3H3,(H,27,32). The molecule has 2 heterocycles. The summed E-state index contributed by atoms with van der Waals surface area (Å²) in [6, 6.07) is 8.75. The molecule has 0 radical (unpaired) electrons. The fourth-order valence-electron chi connectivity index (χ4n) is 5.20. The molecule has 9 nitrogen and oxygen atoms in total. The van der Waals surface area contributed by atoms with Gasteiger partial charge in [-0.1, -0.05) is 0 Å². The first-order valence-corrected chi connectivity index (χ1v) is 12.4. The van der Waals surface area contributed by atoms with E-state index in [4.69, 9.17) is 9.84 Å². The van der Waals surface area contributed by atoms with Crippen LogP contribution in [0.4, 0.5) is 11.5 Å². The summed E-state index contributed by atoms with van der Waals surface area (Å²) in [5, 5.41) is 32.1. The first-order valence-electron chi connectivity index (χ1n) is 12.4. The lowest BCUT2D eigenvalue weighted by molar-refractivity contribution is -0.594. The van der Waals surface area contributed by atoms with Crippen LogP contribution in [0.25, 0.3) is 10.9 Å². The zero-order valence-corrected chi connectivity index (χ0v) is 20.5. The quantitative estimate of drug-likeness (QED) is 0.396. The van der Waals surface area contributed by atoms with Crippen molar-refractivity contribution in [1.29, 1.82) is 0 Å². The monoisotopic (exact) mass is 479 g/mol. The van der Waals surface area contributed by atoms with Gasteiger partial charge in [-0.2, -0.15) is 5.10 Å². The van der Waals surface area contributed by atoms with Gasteiger partial charge in [0.25, 0.3) is 11.7 Å². The van der Waals surface area contributed by atoms with E-state index in [0.29, 0.717) is 34.5 Å². The molecule has 2 aliphatic rings. The van der Waals surface area contributed by atoms with E-state index < -0.39 is 11.5 Å². The maximum absolute atomic E-state index is 13.0. The highest BCUT2D eigenvalue weighted by molar-refractivity contribution is 6.04. The fourth-order valence-corrected chi connectivity index (χ4v) is 5.20. The minimum absolute atomic E-state index is 0.000189. The van der Waals surface area contributed by atoms with Gasteiger partial charge in [0.2, 0.25) is 0 Å². The third kappa shape index (κ3) is 4.52. The molecule has 35 heavy (non-hydrogen) atoms. The van der Waals surface area contributed by atoms with Crippen molar-refractivity contribution in [3.05, 3.63) is 47.4 Å². The average Bonchev–Trinajstić information content (AvgIpc) is 3.61. The predicted molar refractivity (Wildman–Crippen MR) is 134 cm³/mol. The lowest BCUT2D eigenvalue weighted by Crippen LogP contribution is -2.41. The van der Waals surface area contributed by atoms with Crippen molar-refractivity contribution < 1.29 is 19.4 Å². The Hall–Kier alpha value is -3.33. The molecule has 0 bridgehead atoms. The molecule has 1 aromatic carbocycles. The Morgan fingerprint density at radius 3 is 2.69 bits per heavy atom. The van der Waals surface area contributed by atoms with E-state index >= 15 is 0 Å². The molecule has 0 saturated heterocycles. The molecule has 2 fully saturated rings. The number of fused-ring (bicyclic) bond motifs is 1. The van der Waals surface area contributed by atoms with Crippen molar-refractivity contribution in [1.82, 2.24) is 9.78 Å². The number of aromatic nitrogens is 3. The van der Waals surface area contributed by atoms with Gasteiger partial charge in [0, 0.05) is 23.7 Å². The summed E-state index contributed by atoms with van der Waals surface area (Å²) in [5.74, 6) is 0.848. The number of benzene rings is 1. The SMILES string of the molecule is CCOc1cc2nn(C3CCC(O)(C4CC4)CC3)cc2cc1NC(=O)c1cccc(N(C)C)[n+]1[O-]. The maximum atomic E-state index is 13.0. The largest absolute Gasteiger partial charge is 0.710 e. The highest BCUT2D eigenvalue weighted by Gasteiger charge is 2.45. The molecule has 5 rings (SSSR count). The summed E-state index contributed by atoms with van der Waals surface area (Å²) < 4.78 is 8.41. The van der Waals surface area contributed by atoms with Gasteiger partial charge >= 0.3 is 0 Å². The topological polar surface area (TPSA) is 107 Å². The van der Waals surface area contributed by atoms with Gasteiger partial charge in [-0.3, -0.25) is 14.4 Å². The number of nitrogens with one attached hydrogen (secondary N) is 1. The van der Waals surface area contributed by atoms with Crippen LogP contribution in [0.3, 0.4) is 0 Å². The molecular formula is C26H33N5O4. The number of nitrogens with zero attached hydrogens (tertiary/aromatic N) is 4. The van der Waals surface area contributed by atoms with Crippen LogP contribution in [0.2, 0.25) is 0 Å².